The van der Waals surface area contributed by atoms with Crippen molar-refractivity contribution in [3.63, 3.8) is 0 Å². The van der Waals surface area contributed by atoms with E-state index in [1.807, 2.05) is 0 Å². The summed E-state index contributed by atoms with van der Waals surface area (Å²) >= 11 is 0. The van der Waals surface area contributed by atoms with E-state index in [4.69, 9.17) is 5.11 Å². The van der Waals surface area contributed by atoms with Crippen molar-refractivity contribution in [3.05, 3.63) is 12.2 Å². The number of aliphatic hydroxyl groups excluding tert-OH is 1. The molecule has 0 radical (unpaired) electrons. The molecule has 0 spiro atoms. The smallest absolute Gasteiger partial charge is 0.309 e. The van der Waals surface area contributed by atoms with Crippen LogP contribution in [0, 0.1) is 0 Å². The van der Waals surface area contributed by atoms with E-state index in [1.165, 1.54) is 6.08 Å². The maximum atomic E-state index is 11.7. The van der Waals surface area contributed by atoms with Crippen LogP contribution in [0.15, 0.2) is 12.2 Å². The highest BCUT2D eigenvalue weighted by Crippen LogP contribution is 2.10. The van der Waals surface area contributed by atoms with Gasteiger partial charge >= 0.3 is 5.97 Å². The van der Waals surface area contributed by atoms with Crippen molar-refractivity contribution in [2.75, 3.05) is 39.3 Å². The summed E-state index contributed by atoms with van der Waals surface area (Å²) in [7, 11) is 0. The van der Waals surface area contributed by atoms with Gasteiger partial charge in [-0.1, -0.05) is 25.8 Å². The average Bonchev–Trinajstić information content (AvgIpc) is 2.55. The van der Waals surface area contributed by atoms with Gasteiger partial charge in [0.05, 0.1) is 39.2 Å². The number of nitrogens with zero attached hydrogens (tertiary/aromatic N) is 1. The van der Waals surface area contributed by atoms with Crippen molar-refractivity contribution in [2.45, 2.75) is 39.0 Å². The van der Waals surface area contributed by atoms with Gasteiger partial charge in [-0.3, -0.25) is 9.59 Å². The van der Waals surface area contributed by atoms with Crippen LogP contribution in [0.3, 0.4) is 0 Å². The third-order valence-electron chi connectivity index (χ3n) is 4.04. The number of allylic oxidation sites excluding steroid dienone is 1. The van der Waals surface area contributed by atoms with Crippen LogP contribution in [0.4, 0.5) is 0 Å². The number of rotatable bonds is 15. The number of nitrogens with one attached hydrogen (secondary N) is 1. The molecule has 0 aromatic carbocycles. The monoisotopic (exact) mass is 358 g/mol. The number of carboxylic acid groups (broad SMARTS) is 2. The van der Waals surface area contributed by atoms with Crippen molar-refractivity contribution in [3.8, 4) is 0 Å². The van der Waals surface area contributed by atoms with E-state index in [1.54, 1.807) is 6.08 Å². The van der Waals surface area contributed by atoms with E-state index in [2.05, 4.69) is 12.2 Å². The van der Waals surface area contributed by atoms with Gasteiger partial charge in [0.2, 0.25) is 5.91 Å². The molecule has 3 N–H and O–H groups in total. The number of hydrogen-bond acceptors (Lipinski definition) is 5. The first-order valence-corrected chi connectivity index (χ1v) is 8.67. The molecule has 8 nitrogen and oxygen atoms in total. The summed E-state index contributed by atoms with van der Waals surface area (Å²) in [4.78, 5) is 33.4. The number of amides is 1. The lowest BCUT2D eigenvalue weighted by molar-refractivity contribution is -0.926. The van der Waals surface area contributed by atoms with Crippen molar-refractivity contribution < 1.29 is 34.2 Å². The molecule has 0 aliphatic carbocycles. The summed E-state index contributed by atoms with van der Waals surface area (Å²) in [5.41, 5.74) is 0. The van der Waals surface area contributed by atoms with Crippen LogP contribution >= 0.6 is 0 Å². The molecule has 0 bridgehead atoms. The minimum atomic E-state index is -1.22. The SMILES string of the molecule is CCCC/C=C/C(=O)NCC[N+](CCO)(CCC(=O)[O-])CCC(=O)O. The molecule has 1 amide bonds. The van der Waals surface area contributed by atoms with Gasteiger partial charge in [-0.25, -0.2) is 0 Å². The fraction of sp³-hybridized carbons (Fsp3) is 0.706. The number of unbranched alkanes of at least 4 members (excludes halogenated alkanes) is 2. The minimum absolute atomic E-state index is 0.108. The van der Waals surface area contributed by atoms with E-state index in [-0.39, 0.29) is 56.0 Å². The minimum Gasteiger partial charge on any atom is -0.550 e. The summed E-state index contributed by atoms with van der Waals surface area (Å²) in [5.74, 6) is -2.45. The zero-order valence-corrected chi connectivity index (χ0v) is 14.9. The van der Waals surface area contributed by atoms with Gasteiger partial charge in [-0.05, 0) is 12.5 Å². The topological polar surface area (TPSA) is 127 Å². The molecule has 0 aliphatic rings. The highest BCUT2D eigenvalue weighted by atomic mass is 16.4. The molecule has 0 aromatic heterocycles. The number of carboxylic acids is 2. The molecule has 8 heteroatoms. The molecule has 0 saturated carbocycles. The van der Waals surface area contributed by atoms with Gasteiger partial charge in [-0.2, -0.15) is 0 Å². The Morgan fingerprint density at radius 2 is 1.80 bits per heavy atom. The molecular weight excluding hydrogens is 328 g/mol. The second-order valence-corrected chi connectivity index (χ2v) is 6.06. The third kappa shape index (κ3) is 12.1. The van der Waals surface area contributed by atoms with Crippen LogP contribution in [0.25, 0.3) is 0 Å². The second kappa shape index (κ2) is 13.4. The van der Waals surface area contributed by atoms with E-state index < -0.39 is 11.9 Å². The number of carbonyl (C=O) groups excluding carboxylic acids is 2. The number of aliphatic carboxylic acids is 2. The fourth-order valence-corrected chi connectivity index (χ4v) is 2.53. The molecule has 0 fully saturated rings. The van der Waals surface area contributed by atoms with Crippen molar-refractivity contribution in [1.29, 1.82) is 0 Å². The first kappa shape index (κ1) is 23.1. The highest BCUT2D eigenvalue weighted by molar-refractivity contribution is 5.87. The Hall–Kier alpha value is -1.93. The molecule has 25 heavy (non-hydrogen) atoms. The van der Waals surface area contributed by atoms with Crippen molar-refractivity contribution in [2.24, 2.45) is 0 Å². The van der Waals surface area contributed by atoms with E-state index >= 15 is 0 Å². The maximum absolute atomic E-state index is 11.7. The predicted octanol–water partition coefficient (Wildman–Crippen LogP) is -0.727. The van der Waals surface area contributed by atoms with Crippen molar-refractivity contribution in [1.82, 2.24) is 5.32 Å². The Labute approximate surface area is 148 Å². The molecule has 0 aromatic rings. The molecule has 0 rings (SSSR count). The lowest BCUT2D eigenvalue weighted by Crippen LogP contribution is -2.55. The van der Waals surface area contributed by atoms with Gasteiger partial charge in [0.1, 0.15) is 6.54 Å². The molecule has 0 saturated heterocycles. The number of carbonyl (C=O) groups is 3. The van der Waals surface area contributed by atoms with Gasteiger partial charge in [0, 0.05) is 12.4 Å². The van der Waals surface area contributed by atoms with Gasteiger partial charge in [-0.15, -0.1) is 0 Å². The fourth-order valence-electron chi connectivity index (χ4n) is 2.53. The molecule has 0 heterocycles. The summed E-state index contributed by atoms with van der Waals surface area (Å²) in [6.07, 6.45) is 5.79. The Kier molecular flexibility index (Phi) is 12.3. The zero-order valence-electron chi connectivity index (χ0n) is 14.9. The van der Waals surface area contributed by atoms with E-state index in [0.29, 0.717) is 6.54 Å². The summed E-state index contributed by atoms with van der Waals surface area (Å²) < 4.78 is 0.108. The molecule has 1 unspecified atom stereocenters. The molecule has 1 atom stereocenters. The lowest BCUT2D eigenvalue weighted by atomic mass is 10.2. The van der Waals surface area contributed by atoms with Crippen LogP contribution in [0.2, 0.25) is 0 Å². The van der Waals surface area contributed by atoms with Crippen LogP contribution < -0.4 is 10.4 Å². The largest absolute Gasteiger partial charge is 0.550 e. The van der Waals surface area contributed by atoms with Crippen LogP contribution in [-0.2, 0) is 14.4 Å². The number of aliphatic hydroxyl groups is 1. The Bertz CT molecular complexity index is 432. The first-order chi connectivity index (χ1) is 11.8. The number of hydrogen-bond donors (Lipinski definition) is 3. The predicted molar refractivity (Wildman–Crippen MR) is 90.4 cm³/mol. The van der Waals surface area contributed by atoms with Gasteiger partial charge < -0.3 is 29.9 Å². The van der Waals surface area contributed by atoms with Gasteiger partial charge in [0.25, 0.3) is 0 Å². The molecule has 144 valence electrons. The second-order valence-electron chi connectivity index (χ2n) is 6.06. The van der Waals surface area contributed by atoms with Crippen LogP contribution in [0.1, 0.15) is 39.0 Å². The summed E-state index contributed by atoms with van der Waals surface area (Å²) in [6.45, 7) is 3.04. The summed E-state index contributed by atoms with van der Waals surface area (Å²) in [5, 5.41) is 31.7. The quantitative estimate of drug-likeness (QED) is 0.201. The molecule has 0 aliphatic heterocycles. The Balaban J connectivity index is 4.66. The lowest BCUT2D eigenvalue weighted by Gasteiger charge is -2.38. The molecular formula is C17H30N2O6. The van der Waals surface area contributed by atoms with Crippen molar-refractivity contribution >= 4 is 17.8 Å². The van der Waals surface area contributed by atoms with Crippen LogP contribution in [-0.4, -0.2) is 71.9 Å². The third-order valence-corrected chi connectivity index (χ3v) is 4.04. The number of quaternary nitrogens is 1. The highest BCUT2D eigenvalue weighted by Gasteiger charge is 2.27. The average molecular weight is 358 g/mol. The summed E-state index contributed by atoms with van der Waals surface area (Å²) in [6, 6.07) is 0. The Morgan fingerprint density at radius 3 is 2.36 bits per heavy atom. The van der Waals surface area contributed by atoms with Crippen LogP contribution in [0.5, 0.6) is 0 Å². The zero-order chi connectivity index (χ0) is 19.1. The Morgan fingerprint density at radius 1 is 1.12 bits per heavy atom. The van der Waals surface area contributed by atoms with E-state index in [0.717, 1.165) is 19.3 Å². The standard InChI is InChI=1S/C17H30N2O6/c1-2-3-4-5-6-15(21)18-9-12-19(13-14-20,10-7-16(22)23)11-8-17(24)25/h5-6,20H,2-4,7-14H2,1H3,(H2-,18,21,22,23,24,25)/b6-5+. The normalized spacial score (nSPS) is 13.5. The van der Waals surface area contributed by atoms with Gasteiger partial charge in [0.15, 0.2) is 0 Å². The first-order valence-electron chi connectivity index (χ1n) is 8.67. The van der Waals surface area contributed by atoms with E-state index in [9.17, 15) is 24.6 Å². The maximum Gasteiger partial charge on any atom is 0.309 e.